The summed E-state index contributed by atoms with van der Waals surface area (Å²) in [6.45, 7) is 0.484. The lowest BCUT2D eigenvalue weighted by molar-refractivity contribution is 0.100. The second-order valence-electron chi connectivity index (χ2n) is 7.00. The van der Waals surface area contributed by atoms with Crippen molar-refractivity contribution in [1.82, 2.24) is 5.32 Å². The standard InChI is InChI=1S/C23H21FN2O/c24-22-10-9-19(15-5-7-16(8-6-15)23(25)27)11-20(22)14-26-21-12-17-3-1-2-4-18(17)13-21/h1-11,21,26H,12-14H2,(H2,25,27). The van der Waals surface area contributed by atoms with Gasteiger partial charge in [0.25, 0.3) is 0 Å². The molecule has 1 amide bonds. The van der Waals surface area contributed by atoms with Crippen molar-refractivity contribution in [1.29, 1.82) is 0 Å². The molecule has 136 valence electrons. The van der Waals surface area contributed by atoms with E-state index in [1.165, 1.54) is 17.2 Å². The largest absolute Gasteiger partial charge is 0.366 e. The normalized spacial score (nSPS) is 13.5. The predicted molar refractivity (Wildman–Crippen MR) is 105 cm³/mol. The van der Waals surface area contributed by atoms with Gasteiger partial charge in [-0.25, -0.2) is 4.39 Å². The molecule has 3 nitrogen and oxygen atoms in total. The highest BCUT2D eigenvalue weighted by atomic mass is 19.1. The average molecular weight is 360 g/mol. The lowest BCUT2D eigenvalue weighted by Crippen LogP contribution is -2.29. The van der Waals surface area contributed by atoms with E-state index in [0.29, 0.717) is 23.7 Å². The van der Waals surface area contributed by atoms with Crippen LogP contribution in [0.2, 0.25) is 0 Å². The van der Waals surface area contributed by atoms with Crippen LogP contribution in [0.4, 0.5) is 4.39 Å². The third kappa shape index (κ3) is 3.76. The van der Waals surface area contributed by atoms with Crippen molar-refractivity contribution in [3.63, 3.8) is 0 Å². The van der Waals surface area contributed by atoms with Gasteiger partial charge < -0.3 is 11.1 Å². The average Bonchev–Trinajstić information content (AvgIpc) is 3.10. The molecule has 0 bridgehead atoms. The summed E-state index contributed by atoms with van der Waals surface area (Å²) in [5.41, 5.74) is 11.0. The Morgan fingerprint density at radius 3 is 2.22 bits per heavy atom. The fourth-order valence-electron chi connectivity index (χ4n) is 3.67. The molecule has 3 N–H and O–H groups in total. The Labute approximate surface area is 158 Å². The van der Waals surface area contributed by atoms with Crippen LogP contribution in [-0.2, 0) is 19.4 Å². The number of fused-ring (bicyclic) bond motifs is 1. The fraction of sp³-hybridized carbons (Fsp3) is 0.174. The second-order valence-corrected chi connectivity index (χ2v) is 7.00. The first-order valence-corrected chi connectivity index (χ1v) is 9.09. The number of carbonyl (C=O) groups is 1. The molecule has 4 rings (SSSR count). The van der Waals surface area contributed by atoms with E-state index in [-0.39, 0.29) is 5.82 Å². The second kappa shape index (κ2) is 7.33. The summed E-state index contributed by atoms with van der Waals surface area (Å²) in [6, 6.07) is 20.9. The molecule has 0 aliphatic heterocycles. The van der Waals surface area contributed by atoms with E-state index in [9.17, 15) is 9.18 Å². The van der Waals surface area contributed by atoms with Gasteiger partial charge in [0.2, 0.25) is 5.91 Å². The highest BCUT2D eigenvalue weighted by Crippen LogP contribution is 2.24. The van der Waals surface area contributed by atoms with Crippen molar-refractivity contribution in [2.75, 3.05) is 0 Å². The van der Waals surface area contributed by atoms with Crippen LogP contribution in [0.25, 0.3) is 11.1 Å². The van der Waals surface area contributed by atoms with Gasteiger partial charge in [-0.3, -0.25) is 4.79 Å². The minimum atomic E-state index is -0.455. The van der Waals surface area contributed by atoms with Crippen LogP contribution in [0.5, 0.6) is 0 Å². The van der Waals surface area contributed by atoms with Crippen LogP contribution >= 0.6 is 0 Å². The highest BCUT2D eigenvalue weighted by Gasteiger charge is 2.20. The molecule has 0 saturated carbocycles. The smallest absolute Gasteiger partial charge is 0.248 e. The van der Waals surface area contributed by atoms with Gasteiger partial charge in [0.05, 0.1) is 0 Å². The first kappa shape index (κ1) is 17.4. The Bertz CT molecular complexity index is 957. The van der Waals surface area contributed by atoms with Crippen LogP contribution in [-0.4, -0.2) is 11.9 Å². The minimum Gasteiger partial charge on any atom is -0.366 e. The Kier molecular flexibility index (Phi) is 4.73. The molecule has 0 saturated heterocycles. The van der Waals surface area contributed by atoms with E-state index in [2.05, 4.69) is 29.6 Å². The molecule has 4 heteroatoms. The van der Waals surface area contributed by atoms with Crippen LogP contribution in [0.3, 0.4) is 0 Å². The quantitative estimate of drug-likeness (QED) is 0.726. The Morgan fingerprint density at radius 1 is 0.963 bits per heavy atom. The Balaban J connectivity index is 1.47. The van der Waals surface area contributed by atoms with Crippen LogP contribution in [0, 0.1) is 5.82 Å². The minimum absolute atomic E-state index is 0.212. The highest BCUT2D eigenvalue weighted by molar-refractivity contribution is 5.93. The maximum absolute atomic E-state index is 14.3. The topological polar surface area (TPSA) is 55.1 Å². The number of benzene rings is 3. The van der Waals surface area contributed by atoms with Crippen molar-refractivity contribution in [2.45, 2.75) is 25.4 Å². The summed E-state index contributed by atoms with van der Waals surface area (Å²) in [5.74, 6) is -0.668. The lowest BCUT2D eigenvalue weighted by Gasteiger charge is -2.13. The summed E-state index contributed by atoms with van der Waals surface area (Å²) in [4.78, 5) is 11.2. The zero-order valence-corrected chi connectivity index (χ0v) is 14.9. The predicted octanol–water partition coefficient (Wildman–Crippen LogP) is 3.85. The molecule has 0 fully saturated rings. The number of hydrogen-bond donors (Lipinski definition) is 2. The molecule has 0 spiro atoms. The number of carbonyl (C=O) groups excluding carboxylic acids is 1. The number of halogens is 1. The van der Waals surface area contributed by atoms with Crippen molar-refractivity contribution in [3.8, 4) is 11.1 Å². The van der Waals surface area contributed by atoms with Gasteiger partial charge in [-0.15, -0.1) is 0 Å². The van der Waals surface area contributed by atoms with Gasteiger partial charge in [-0.1, -0.05) is 42.5 Å². The van der Waals surface area contributed by atoms with Crippen molar-refractivity contribution in [2.24, 2.45) is 5.73 Å². The lowest BCUT2D eigenvalue weighted by atomic mass is 10.0. The molecule has 3 aromatic rings. The van der Waals surface area contributed by atoms with E-state index in [1.807, 2.05) is 18.2 Å². The summed E-state index contributed by atoms with van der Waals surface area (Å²) >= 11 is 0. The van der Waals surface area contributed by atoms with E-state index < -0.39 is 5.91 Å². The molecular weight excluding hydrogens is 339 g/mol. The third-order valence-corrected chi connectivity index (χ3v) is 5.18. The molecule has 0 radical (unpaired) electrons. The van der Waals surface area contributed by atoms with Gasteiger partial charge in [-0.05, 0) is 59.4 Å². The monoisotopic (exact) mass is 360 g/mol. The maximum Gasteiger partial charge on any atom is 0.248 e. The SMILES string of the molecule is NC(=O)c1ccc(-c2ccc(F)c(CNC3Cc4ccccc4C3)c2)cc1. The molecule has 3 aromatic carbocycles. The first-order valence-electron chi connectivity index (χ1n) is 9.09. The van der Waals surface area contributed by atoms with Gasteiger partial charge in [0.1, 0.15) is 5.82 Å². The number of amides is 1. The van der Waals surface area contributed by atoms with Crippen LogP contribution in [0.15, 0.2) is 66.7 Å². The van der Waals surface area contributed by atoms with Crippen LogP contribution in [0.1, 0.15) is 27.0 Å². The van der Waals surface area contributed by atoms with Crippen LogP contribution < -0.4 is 11.1 Å². The first-order chi connectivity index (χ1) is 13.1. The van der Waals surface area contributed by atoms with Crippen molar-refractivity contribution < 1.29 is 9.18 Å². The third-order valence-electron chi connectivity index (χ3n) is 5.18. The molecule has 0 atom stereocenters. The van der Waals surface area contributed by atoms with Gasteiger partial charge in [0, 0.05) is 23.7 Å². The van der Waals surface area contributed by atoms with Crippen molar-refractivity contribution in [3.05, 3.63) is 94.8 Å². The van der Waals surface area contributed by atoms with E-state index >= 15 is 0 Å². The number of nitrogens with one attached hydrogen (secondary N) is 1. The van der Waals surface area contributed by atoms with E-state index in [1.54, 1.807) is 18.2 Å². The molecular formula is C23H21FN2O. The summed E-state index contributed by atoms with van der Waals surface area (Å²) in [6.07, 6.45) is 1.96. The summed E-state index contributed by atoms with van der Waals surface area (Å²) in [5, 5.41) is 3.49. The number of rotatable bonds is 5. The zero-order valence-electron chi connectivity index (χ0n) is 14.9. The molecule has 27 heavy (non-hydrogen) atoms. The number of hydrogen-bond acceptors (Lipinski definition) is 2. The molecule has 0 unspecified atom stereocenters. The Morgan fingerprint density at radius 2 is 1.59 bits per heavy atom. The van der Waals surface area contributed by atoms with Gasteiger partial charge in [-0.2, -0.15) is 0 Å². The molecule has 0 heterocycles. The van der Waals surface area contributed by atoms with E-state index in [0.717, 1.165) is 24.0 Å². The summed E-state index contributed by atoms with van der Waals surface area (Å²) in [7, 11) is 0. The molecule has 1 aliphatic carbocycles. The molecule has 1 aliphatic rings. The Hall–Kier alpha value is -2.98. The number of nitrogens with two attached hydrogens (primary N) is 1. The maximum atomic E-state index is 14.3. The van der Waals surface area contributed by atoms with E-state index in [4.69, 9.17) is 5.73 Å². The summed E-state index contributed by atoms with van der Waals surface area (Å²) < 4.78 is 14.3. The fourth-order valence-corrected chi connectivity index (χ4v) is 3.67. The zero-order chi connectivity index (χ0) is 18.8. The molecule has 0 aromatic heterocycles. The van der Waals surface area contributed by atoms with Gasteiger partial charge in [0.15, 0.2) is 0 Å². The number of primary amides is 1. The van der Waals surface area contributed by atoms with Crippen molar-refractivity contribution >= 4 is 5.91 Å². The van der Waals surface area contributed by atoms with Gasteiger partial charge >= 0.3 is 0 Å².